The molecule has 2 aliphatic rings. The number of nitrogens with zero attached hydrogens (tertiary/aromatic N) is 3. The molecule has 3 rings (SSSR count). The van der Waals surface area contributed by atoms with Gasteiger partial charge in [0, 0.05) is 18.0 Å². The number of methoxy groups -OCH3 is 2. The Labute approximate surface area is 203 Å². The molecular formula is C23H40N4O6Si. The van der Waals surface area contributed by atoms with Crippen molar-refractivity contribution in [3.63, 3.8) is 0 Å². The number of aliphatic hydroxyl groups excluding tert-OH is 2. The second kappa shape index (κ2) is 9.96. The highest BCUT2D eigenvalue weighted by atomic mass is 28.4. The lowest BCUT2D eigenvalue weighted by Gasteiger charge is -2.52. The first kappa shape index (κ1) is 26.6. The standard InChI is InChI=1S/C23H40N4O6Si/c1-13-17(12-28)27-14(10-18(13)29)9-15(25-22(27)30)20(33-34(7,8)23(2,3)4)16-11-19(31-5)26-21(24-16)32-6/h11,13-15,17-18,20,28-29H,9-10,12H2,1-8H3,(H,25,30)/t13-,14+,15-,17-,18+,20+/m1/s1. The smallest absolute Gasteiger partial charge is 0.319 e. The Morgan fingerprint density at radius 2 is 1.91 bits per heavy atom. The third kappa shape index (κ3) is 5.17. The highest BCUT2D eigenvalue weighted by Gasteiger charge is 2.49. The summed E-state index contributed by atoms with van der Waals surface area (Å²) < 4.78 is 17.5. The third-order valence-electron chi connectivity index (χ3n) is 7.71. The molecular weight excluding hydrogens is 456 g/mol. The van der Waals surface area contributed by atoms with Gasteiger partial charge in [-0.1, -0.05) is 27.7 Å². The highest BCUT2D eigenvalue weighted by molar-refractivity contribution is 6.74. The fraction of sp³-hybridized carbons (Fsp3) is 0.783. The molecule has 0 saturated carbocycles. The molecule has 0 unspecified atom stereocenters. The summed E-state index contributed by atoms with van der Waals surface area (Å²) in [5.74, 6) is 0.134. The number of aromatic nitrogens is 2. The molecule has 2 amide bonds. The number of hydrogen-bond acceptors (Lipinski definition) is 8. The predicted molar refractivity (Wildman–Crippen MR) is 129 cm³/mol. The van der Waals surface area contributed by atoms with E-state index in [1.807, 2.05) is 6.92 Å². The third-order valence-corrected chi connectivity index (χ3v) is 12.2. The maximum atomic E-state index is 13.3. The van der Waals surface area contributed by atoms with Crippen LogP contribution in [0.15, 0.2) is 6.07 Å². The Hall–Kier alpha value is -1.95. The van der Waals surface area contributed by atoms with Crippen molar-refractivity contribution >= 4 is 14.3 Å². The fourth-order valence-electron chi connectivity index (χ4n) is 4.56. The lowest BCUT2D eigenvalue weighted by atomic mass is 9.80. The van der Waals surface area contributed by atoms with Gasteiger partial charge in [0.2, 0.25) is 5.88 Å². The summed E-state index contributed by atoms with van der Waals surface area (Å²) in [5.41, 5.74) is 0.565. The van der Waals surface area contributed by atoms with Gasteiger partial charge in [0.15, 0.2) is 8.32 Å². The summed E-state index contributed by atoms with van der Waals surface area (Å²) >= 11 is 0. The molecule has 34 heavy (non-hydrogen) atoms. The van der Waals surface area contributed by atoms with Crippen LogP contribution < -0.4 is 14.8 Å². The van der Waals surface area contributed by atoms with Gasteiger partial charge < -0.3 is 34.3 Å². The van der Waals surface area contributed by atoms with Gasteiger partial charge in [-0.15, -0.1) is 0 Å². The Morgan fingerprint density at radius 3 is 2.47 bits per heavy atom. The van der Waals surface area contributed by atoms with Gasteiger partial charge in [-0.05, 0) is 31.0 Å². The molecule has 2 saturated heterocycles. The molecule has 0 bridgehead atoms. The number of carbonyl (C=O) groups excluding carboxylic acids is 1. The number of carbonyl (C=O) groups is 1. The molecule has 0 spiro atoms. The van der Waals surface area contributed by atoms with E-state index in [1.54, 1.807) is 11.0 Å². The molecule has 3 N–H and O–H groups in total. The minimum absolute atomic E-state index is 0.0738. The van der Waals surface area contributed by atoms with Crippen LogP contribution in [0.25, 0.3) is 0 Å². The SMILES string of the molecule is COc1cc([C@@H](O[Si](C)(C)C(C)(C)C)[C@H]2C[C@H]3C[C@H](O)[C@H](C)[C@@H](CO)N3C(=O)N2)nc(OC)n1. The van der Waals surface area contributed by atoms with E-state index in [2.05, 4.69) is 49.1 Å². The molecule has 2 fully saturated rings. The van der Waals surface area contributed by atoms with Crippen molar-refractivity contribution in [1.29, 1.82) is 0 Å². The van der Waals surface area contributed by atoms with Gasteiger partial charge in [-0.2, -0.15) is 9.97 Å². The van der Waals surface area contributed by atoms with E-state index in [0.29, 0.717) is 24.4 Å². The lowest BCUT2D eigenvalue weighted by molar-refractivity contribution is -0.0570. The predicted octanol–water partition coefficient (Wildman–Crippen LogP) is 2.47. The maximum Gasteiger partial charge on any atom is 0.319 e. The van der Waals surface area contributed by atoms with Crippen molar-refractivity contribution in [3.05, 3.63) is 11.8 Å². The average Bonchev–Trinajstić information content (AvgIpc) is 2.77. The van der Waals surface area contributed by atoms with Crippen LogP contribution in [0.5, 0.6) is 11.9 Å². The normalized spacial score (nSPS) is 28.7. The van der Waals surface area contributed by atoms with Crippen LogP contribution in [0.1, 0.15) is 52.3 Å². The first-order valence-electron chi connectivity index (χ1n) is 11.9. The minimum atomic E-state index is -2.30. The number of ether oxygens (including phenoxy) is 2. The van der Waals surface area contributed by atoms with Crippen LogP contribution >= 0.6 is 0 Å². The van der Waals surface area contributed by atoms with Gasteiger partial charge in [0.05, 0.1) is 44.7 Å². The second-order valence-corrected chi connectivity index (χ2v) is 15.6. The van der Waals surface area contributed by atoms with E-state index in [1.165, 1.54) is 14.2 Å². The van der Waals surface area contributed by atoms with Crippen LogP contribution in [-0.4, -0.2) is 84.5 Å². The van der Waals surface area contributed by atoms with Crippen molar-refractivity contribution in [1.82, 2.24) is 20.2 Å². The quantitative estimate of drug-likeness (QED) is 0.492. The molecule has 1 aromatic rings. The number of aliphatic hydroxyl groups is 2. The molecule has 11 heteroatoms. The average molecular weight is 497 g/mol. The molecule has 0 aliphatic carbocycles. The summed E-state index contributed by atoms with van der Waals surface area (Å²) in [6.45, 7) is 12.4. The summed E-state index contributed by atoms with van der Waals surface area (Å²) in [6, 6.07) is 0.548. The van der Waals surface area contributed by atoms with Crippen LogP contribution in [0.2, 0.25) is 18.1 Å². The van der Waals surface area contributed by atoms with Crippen LogP contribution in [-0.2, 0) is 4.43 Å². The molecule has 0 radical (unpaired) electrons. The van der Waals surface area contributed by atoms with E-state index >= 15 is 0 Å². The largest absolute Gasteiger partial charge is 0.481 e. The van der Waals surface area contributed by atoms with Gasteiger partial charge in [0.1, 0.15) is 6.10 Å². The summed E-state index contributed by atoms with van der Waals surface area (Å²) in [6.07, 6.45) is -0.170. The Kier molecular flexibility index (Phi) is 7.81. The number of piperidine rings is 1. The van der Waals surface area contributed by atoms with E-state index in [0.717, 1.165) is 0 Å². The summed E-state index contributed by atoms with van der Waals surface area (Å²) in [5, 5.41) is 23.6. The van der Waals surface area contributed by atoms with Crippen molar-refractivity contribution in [2.75, 3.05) is 20.8 Å². The van der Waals surface area contributed by atoms with Crippen LogP contribution in [0.4, 0.5) is 4.79 Å². The zero-order valence-electron chi connectivity index (χ0n) is 21.5. The molecule has 0 aromatic carbocycles. The van der Waals surface area contributed by atoms with E-state index in [9.17, 15) is 15.0 Å². The maximum absolute atomic E-state index is 13.3. The zero-order valence-corrected chi connectivity index (χ0v) is 22.5. The Balaban J connectivity index is 2.01. The van der Waals surface area contributed by atoms with Crippen molar-refractivity contribution in [2.45, 2.75) is 89.0 Å². The van der Waals surface area contributed by atoms with Gasteiger partial charge >= 0.3 is 12.0 Å². The van der Waals surface area contributed by atoms with E-state index in [-0.39, 0.29) is 35.6 Å². The number of hydrogen-bond donors (Lipinski definition) is 3. The van der Waals surface area contributed by atoms with Crippen LogP contribution in [0, 0.1) is 5.92 Å². The Morgan fingerprint density at radius 1 is 1.24 bits per heavy atom. The van der Waals surface area contributed by atoms with Gasteiger partial charge in [-0.3, -0.25) is 0 Å². The van der Waals surface area contributed by atoms with Crippen LogP contribution in [0.3, 0.4) is 0 Å². The van der Waals surface area contributed by atoms with Crippen molar-refractivity contribution in [2.24, 2.45) is 5.92 Å². The monoisotopic (exact) mass is 496 g/mol. The number of rotatable bonds is 7. The molecule has 10 nitrogen and oxygen atoms in total. The summed E-state index contributed by atoms with van der Waals surface area (Å²) in [4.78, 5) is 23.8. The zero-order chi connectivity index (χ0) is 25.4. The Bertz CT molecular complexity index is 857. The second-order valence-electron chi connectivity index (χ2n) is 10.9. The van der Waals surface area contributed by atoms with E-state index < -0.39 is 32.6 Å². The molecule has 1 aromatic heterocycles. The topological polar surface area (TPSA) is 126 Å². The number of urea groups is 1. The van der Waals surface area contributed by atoms with E-state index in [4.69, 9.17) is 13.9 Å². The minimum Gasteiger partial charge on any atom is -0.481 e. The van der Waals surface area contributed by atoms with Crippen molar-refractivity contribution in [3.8, 4) is 11.9 Å². The summed E-state index contributed by atoms with van der Waals surface area (Å²) in [7, 11) is 0.715. The molecule has 192 valence electrons. The molecule has 2 aliphatic heterocycles. The lowest BCUT2D eigenvalue weighted by Crippen LogP contribution is -2.67. The first-order chi connectivity index (χ1) is 15.8. The highest BCUT2D eigenvalue weighted by Crippen LogP contribution is 2.43. The van der Waals surface area contributed by atoms with Crippen molar-refractivity contribution < 1.29 is 28.9 Å². The number of amides is 2. The number of fused-ring (bicyclic) bond motifs is 1. The van der Waals surface area contributed by atoms with Gasteiger partial charge in [0.25, 0.3) is 0 Å². The fourth-order valence-corrected chi connectivity index (χ4v) is 5.83. The number of nitrogens with one attached hydrogen (secondary N) is 1. The van der Waals surface area contributed by atoms with Gasteiger partial charge in [-0.25, -0.2) is 4.79 Å². The molecule has 6 atom stereocenters. The molecule has 3 heterocycles. The first-order valence-corrected chi connectivity index (χ1v) is 14.8.